The second-order valence-corrected chi connectivity index (χ2v) is 3.46. The molecule has 0 saturated heterocycles. The minimum absolute atomic E-state index is 0.372. The maximum Gasteiger partial charge on any atom is 0.118 e. The average molecular weight is 207 g/mol. The number of nitrogens with zero attached hydrogens (tertiary/aromatic N) is 1. The van der Waals surface area contributed by atoms with Gasteiger partial charge in [-0.1, -0.05) is 23.8 Å². The molecule has 0 atom stereocenters. The fourth-order valence-corrected chi connectivity index (χ4v) is 0.885. The summed E-state index contributed by atoms with van der Waals surface area (Å²) in [5, 5.41) is 0. The molecule has 0 N–H and O–H groups in total. The van der Waals surface area contributed by atoms with E-state index in [1.165, 1.54) is 5.57 Å². The molecular weight excluding hydrogens is 189 g/mol. The first-order valence-electron chi connectivity index (χ1n) is 4.79. The van der Waals surface area contributed by atoms with Crippen LogP contribution in [0.5, 0.6) is 0 Å². The lowest BCUT2D eigenvalue weighted by atomic mass is 10.1. The SMILES string of the molecule is C=N/C=C\C(C)=C(/C)C/C=C(/C)C(=C)F. The summed E-state index contributed by atoms with van der Waals surface area (Å²) < 4.78 is 12.6. The van der Waals surface area contributed by atoms with Gasteiger partial charge in [-0.3, -0.25) is 4.99 Å². The smallest absolute Gasteiger partial charge is 0.118 e. The molecule has 0 radical (unpaired) electrons. The number of hydrogen-bond donors (Lipinski definition) is 0. The summed E-state index contributed by atoms with van der Waals surface area (Å²) in [6.07, 6.45) is 6.08. The topological polar surface area (TPSA) is 12.4 Å². The summed E-state index contributed by atoms with van der Waals surface area (Å²) in [4.78, 5) is 3.63. The highest BCUT2D eigenvalue weighted by Gasteiger charge is 1.95. The molecule has 0 saturated carbocycles. The van der Waals surface area contributed by atoms with E-state index in [-0.39, 0.29) is 5.83 Å². The van der Waals surface area contributed by atoms with Gasteiger partial charge in [0.15, 0.2) is 0 Å². The second kappa shape index (κ2) is 6.93. The monoisotopic (exact) mass is 207 g/mol. The summed E-state index contributed by atoms with van der Waals surface area (Å²) in [7, 11) is 0. The van der Waals surface area contributed by atoms with Crippen molar-refractivity contribution >= 4 is 6.72 Å². The zero-order valence-corrected chi connectivity index (χ0v) is 9.68. The van der Waals surface area contributed by atoms with Crippen LogP contribution in [0, 0.1) is 0 Å². The molecule has 0 unspecified atom stereocenters. The molecule has 0 aliphatic heterocycles. The van der Waals surface area contributed by atoms with Crippen molar-refractivity contribution in [2.75, 3.05) is 0 Å². The molecule has 2 heteroatoms. The third-order valence-corrected chi connectivity index (χ3v) is 2.25. The van der Waals surface area contributed by atoms with E-state index in [0.29, 0.717) is 5.57 Å². The van der Waals surface area contributed by atoms with E-state index in [9.17, 15) is 4.39 Å². The summed E-state index contributed by atoms with van der Waals surface area (Å²) in [5.41, 5.74) is 2.89. The van der Waals surface area contributed by atoms with Gasteiger partial charge in [0.25, 0.3) is 0 Å². The van der Waals surface area contributed by atoms with E-state index >= 15 is 0 Å². The Hall–Kier alpha value is -1.44. The van der Waals surface area contributed by atoms with E-state index in [1.54, 1.807) is 13.1 Å². The van der Waals surface area contributed by atoms with Gasteiger partial charge in [-0.2, -0.15) is 0 Å². The number of halogens is 1. The van der Waals surface area contributed by atoms with Crippen LogP contribution >= 0.6 is 0 Å². The van der Waals surface area contributed by atoms with Crippen LogP contribution in [0.15, 0.2) is 52.5 Å². The second-order valence-electron chi connectivity index (χ2n) is 3.46. The highest BCUT2D eigenvalue weighted by atomic mass is 19.1. The Balaban J connectivity index is 4.54. The minimum Gasteiger partial charge on any atom is -0.273 e. The largest absolute Gasteiger partial charge is 0.273 e. The van der Waals surface area contributed by atoms with Crippen molar-refractivity contribution in [3.8, 4) is 0 Å². The first-order valence-corrected chi connectivity index (χ1v) is 4.79. The summed E-state index contributed by atoms with van der Waals surface area (Å²) in [6, 6.07) is 0. The molecule has 0 aromatic rings. The lowest BCUT2D eigenvalue weighted by Crippen LogP contribution is -1.82. The van der Waals surface area contributed by atoms with Gasteiger partial charge < -0.3 is 0 Å². The Morgan fingerprint density at radius 1 is 1.33 bits per heavy atom. The fraction of sp³-hybridized carbons (Fsp3) is 0.308. The van der Waals surface area contributed by atoms with Crippen molar-refractivity contribution in [2.45, 2.75) is 27.2 Å². The van der Waals surface area contributed by atoms with Crippen LogP contribution in [0.3, 0.4) is 0 Å². The molecule has 0 spiro atoms. The van der Waals surface area contributed by atoms with Crippen LogP contribution in [0.25, 0.3) is 0 Å². The van der Waals surface area contributed by atoms with Gasteiger partial charge in [-0.15, -0.1) is 0 Å². The van der Waals surface area contributed by atoms with E-state index < -0.39 is 0 Å². The highest BCUT2D eigenvalue weighted by Crippen LogP contribution is 2.14. The van der Waals surface area contributed by atoms with Gasteiger partial charge in [-0.05, 0) is 45.6 Å². The number of allylic oxidation sites excluding steroid dienone is 6. The third kappa shape index (κ3) is 5.78. The van der Waals surface area contributed by atoms with Gasteiger partial charge in [0.1, 0.15) is 5.83 Å². The third-order valence-electron chi connectivity index (χ3n) is 2.25. The van der Waals surface area contributed by atoms with Crippen LogP contribution in [-0.2, 0) is 0 Å². The van der Waals surface area contributed by atoms with Gasteiger partial charge in [0.2, 0.25) is 0 Å². The first kappa shape index (κ1) is 13.6. The molecule has 0 rings (SSSR count). The standard InChI is InChI=1S/C13H18FN/c1-10(11(2)8-9-15-5)6-7-12(3)13(4)14/h7-9H,4-6H2,1-3H3/b9-8-,11-10+,12-7-. The van der Waals surface area contributed by atoms with Crippen LogP contribution in [0.2, 0.25) is 0 Å². The maximum atomic E-state index is 12.6. The summed E-state index contributed by atoms with van der Waals surface area (Å²) in [5.74, 6) is -0.372. The van der Waals surface area contributed by atoms with Crippen molar-refractivity contribution < 1.29 is 4.39 Å². The molecular formula is C13H18FN. The van der Waals surface area contributed by atoms with Gasteiger partial charge in [0, 0.05) is 6.20 Å². The van der Waals surface area contributed by atoms with E-state index in [0.717, 1.165) is 12.0 Å². The number of rotatable bonds is 5. The lowest BCUT2D eigenvalue weighted by Gasteiger charge is -2.01. The van der Waals surface area contributed by atoms with E-state index in [4.69, 9.17) is 0 Å². The Labute approximate surface area is 91.4 Å². The quantitative estimate of drug-likeness (QED) is 0.469. The van der Waals surface area contributed by atoms with Crippen LogP contribution < -0.4 is 0 Å². The van der Waals surface area contributed by atoms with E-state index in [2.05, 4.69) is 18.3 Å². The zero-order valence-electron chi connectivity index (χ0n) is 9.68. The van der Waals surface area contributed by atoms with Crippen LogP contribution in [0.4, 0.5) is 4.39 Å². The highest BCUT2D eigenvalue weighted by molar-refractivity contribution is 5.30. The number of aliphatic imine (C=N–C) groups is 1. The normalized spacial score (nSPS) is 14.0. The molecule has 0 aliphatic carbocycles. The number of hydrogen-bond acceptors (Lipinski definition) is 1. The van der Waals surface area contributed by atoms with Gasteiger partial charge >= 0.3 is 0 Å². The Bertz CT molecular complexity index is 332. The lowest BCUT2D eigenvalue weighted by molar-refractivity contribution is 0.655. The van der Waals surface area contributed by atoms with Crippen molar-refractivity contribution in [1.82, 2.24) is 0 Å². The Morgan fingerprint density at radius 3 is 2.40 bits per heavy atom. The predicted octanol–water partition coefficient (Wildman–Crippen LogP) is 4.36. The van der Waals surface area contributed by atoms with Gasteiger partial charge in [0.05, 0.1) is 0 Å². The zero-order chi connectivity index (χ0) is 11.8. The first-order chi connectivity index (χ1) is 6.99. The molecule has 0 amide bonds. The van der Waals surface area contributed by atoms with Crippen molar-refractivity contribution in [2.24, 2.45) is 4.99 Å². The van der Waals surface area contributed by atoms with Crippen molar-refractivity contribution in [3.63, 3.8) is 0 Å². The minimum atomic E-state index is -0.372. The van der Waals surface area contributed by atoms with Crippen LogP contribution in [0.1, 0.15) is 27.2 Å². The predicted molar refractivity (Wildman–Crippen MR) is 65.7 cm³/mol. The molecule has 0 fully saturated rings. The Kier molecular flexibility index (Phi) is 6.27. The molecule has 82 valence electrons. The summed E-state index contributed by atoms with van der Waals surface area (Å²) in [6.45, 7) is 12.3. The maximum absolute atomic E-state index is 12.6. The fourth-order valence-electron chi connectivity index (χ4n) is 0.885. The Morgan fingerprint density at radius 2 is 1.93 bits per heavy atom. The van der Waals surface area contributed by atoms with Crippen LogP contribution in [-0.4, -0.2) is 6.72 Å². The molecule has 1 nitrogen and oxygen atoms in total. The van der Waals surface area contributed by atoms with E-state index in [1.807, 2.05) is 26.0 Å². The average Bonchev–Trinajstić information content (AvgIpc) is 2.21. The molecule has 0 heterocycles. The van der Waals surface area contributed by atoms with Gasteiger partial charge in [-0.25, -0.2) is 4.39 Å². The van der Waals surface area contributed by atoms with Crippen molar-refractivity contribution in [3.05, 3.63) is 47.5 Å². The molecule has 15 heavy (non-hydrogen) atoms. The summed E-state index contributed by atoms with van der Waals surface area (Å²) >= 11 is 0. The molecule has 0 aliphatic rings. The molecule has 0 aromatic heterocycles. The molecule has 0 aromatic carbocycles. The molecule has 0 bridgehead atoms. The van der Waals surface area contributed by atoms with Crippen molar-refractivity contribution in [1.29, 1.82) is 0 Å².